The van der Waals surface area contributed by atoms with Crippen molar-refractivity contribution in [3.05, 3.63) is 81.5 Å². The Balaban J connectivity index is 1.70. The first kappa shape index (κ1) is 19.7. The second kappa shape index (κ2) is 8.42. The first-order valence-electron chi connectivity index (χ1n) is 9.01. The van der Waals surface area contributed by atoms with Gasteiger partial charge in [-0.1, -0.05) is 70.2 Å². The van der Waals surface area contributed by atoms with Crippen LogP contribution in [0.5, 0.6) is 0 Å². The zero-order valence-corrected chi connectivity index (χ0v) is 18.3. The largest absolute Gasteiger partial charge is 0.466 e. The van der Waals surface area contributed by atoms with Gasteiger partial charge in [-0.05, 0) is 30.2 Å². The zero-order valence-electron chi connectivity index (χ0n) is 15.9. The molecule has 3 aromatic rings. The molecule has 1 aliphatic heterocycles. The summed E-state index contributed by atoms with van der Waals surface area (Å²) in [7, 11) is 1.39. The molecule has 1 N–H and O–H groups in total. The van der Waals surface area contributed by atoms with Gasteiger partial charge in [0.1, 0.15) is 6.04 Å². The van der Waals surface area contributed by atoms with Crippen LogP contribution >= 0.6 is 27.7 Å². The Labute approximate surface area is 181 Å². The molecule has 0 bridgehead atoms. The van der Waals surface area contributed by atoms with Crippen LogP contribution in [0.4, 0.5) is 5.95 Å². The van der Waals surface area contributed by atoms with E-state index in [-0.39, 0.29) is 5.97 Å². The molecule has 0 saturated heterocycles. The van der Waals surface area contributed by atoms with Crippen molar-refractivity contribution in [1.29, 1.82) is 0 Å². The molecule has 148 valence electrons. The molecule has 0 saturated carbocycles. The SMILES string of the molecule is COC(=O)C1=C(C)Nc2nc(SCc3ccccc3)nn2C1c1ccc(Br)cc1. The molecule has 0 aliphatic carbocycles. The molecule has 6 nitrogen and oxygen atoms in total. The number of thioether (sulfide) groups is 1. The highest BCUT2D eigenvalue weighted by Crippen LogP contribution is 2.37. The molecule has 2 heterocycles. The fraction of sp³-hybridized carbons (Fsp3) is 0.190. The fourth-order valence-electron chi connectivity index (χ4n) is 3.24. The lowest BCUT2D eigenvalue weighted by Gasteiger charge is -2.27. The van der Waals surface area contributed by atoms with E-state index in [0.717, 1.165) is 15.8 Å². The van der Waals surface area contributed by atoms with Crippen molar-refractivity contribution in [2.75, 3.05) is 12.4 Å². The predicted octanol–water partition coefficient (Wildman–Crippen LogP) is 4.79. The third-order valence-corrected chi connectivity index (χ3v) is 6.07. The maximum absolute atomic E-state index is 12.6. The van der Waals surface area contributed by atoms with Crippen LogP contribution in [0.1, 0.15) is 24.1 Å². The van der Waals surface area contributed by atoms with Gasteiger partial charge in [0, 0.05) is 15.9 Å². The number of hydrogen-bond acceptors (Lipinski definition) is 6. The summed E-state index contributed by atoms with van der Waals surface area (Å²) in [4.78, 5) is 17.2. The van der Waals surface area contributed by atoms with E-state index >= 15 is 0 Å². The van der Waals surface area contributed by atoms with Crippen molar-refractivity contribution in [1.82, 2.24) is 14.8 Å². The molecule has 0 spiro atoms. The van der Waals surface area contributed by atoms with Crippen LogP contribution in [0, 0.1) is 0 Å². The quantitative estimate of drug-likeness (QED) is 0.426. The van der Waals surface area contributed by atoms with Gasteiger partial charge < -0.3 is 10.1 Å². The predicted molar refractivity (Wildman–Crippen MR) is 117 cm³/mol. The minimum Gasteiger partial charge on any atom is -0.466 e. The number of hydrogen-bond donors (Lipinski definition) is 1. The van der Waals surface area contributed by atoms with Gasteiger partial charge in [-0.15, -0.1) is 5.10 Å². The number of carbonyl (C=O) groups excluding carboxylic acids is 1. The topological polar surface area (TPSA) is 69.0 Å². The average Bonchev–Trinajstić information content (AvgIpc) is 3.14. The van der Waals surface area contributed by atoms with Crippen LogP contribution < -0.4 is 5.32 Å². The normalized spacial score (nSPS) is 15.6. The summed E-state index contributed by atoms with van der Waals surface area (Å²) in [6.45, 7) is 1.85. The van der Waals surface area contributed by atoms with Crippen LogP contribution in [0.25, 0.3) is 0 Å². The number of esters is 1. The zero-order chi connectivity index (χ0) is 20.4. The third-order valence-electron chi connectivity index (χ3n) is 4.63. The van der Waals surface area contributed by atoms with Gasteiger partial charge in [-0.2, -0.15) is 4.98 Å². The first-order valence-corrected chi connectivity index (χ1v) is 10.8. The van der Waals surface area contributed by atoms with E-state index in [1.807, 2.05) is 49.4 Å². The Bertz CT molecular complexity index is 1060. The second-order valence-corrected chi connectivity index (χ2v) is 8.40. The van der Waals surface area contributed by atoms with Crippen molar-refractivity contribution in [2.24, 2.45) is 0 Å². The highest BCUT2D eigenvalue weighted by atomic mass is 79.9. The van der Waals surface area contributed by atoms with Crippen LogP contribution in [-0.4, -0.2) is 27.8 Å². The molecule has 4 rings (SSSR count). The van der Waals surface area contributed by atoms with Crippen molar-refractivity contribution in [3.8, 4) is 0 Å². The van der Waals surface area contributed by atoms with Gasteiger partial charge in [0.15, 0.2) is 0 Å². The fourth-order valence-corrected chi connectivity index (χ4v) is 4.29. The third kappa shape index (κ3) is 4.09. The Morgan fingerprint density at radius 1 is 1.21 bits per heavy atom. The molecular formula is C21H19BrN4O2S. The number of rotatable bonds is 5. The van der Waals surface area contributed by atoms with E-state index in [1.165, 1.54) is 12.7 Å². The molecule has 1 aromatic heterocycles. The molecule has 29 heavy (non-hydrogen) atoms. The minimum atomic E-state index is -0.412. The van der Waals surface area contributed by atoms with Gasteiger partial charge in [-0.3, -0.25) is 0 Å². The second-order valence-electron chi connectivity index (χ2n) is 6.55. The lowest BCUT2D eigenvalue weighted by atomic mass is 9.96. The highest BCUT2D eigenvalue weighted by Gasteiger charge is 2.34. The van der Waals surface area contributed by atoms with Crippen LogP contribution in [0.15, 0.2) is 75.5 Å². The summed E-state index contributed by atoms with van der Waals surface area (Å²) in [5.41, 5.74) is 3.36. The maximum Gasteiger partial charge on any atom is 0.338 e. The van der Waals surface area contributed by atoms with E-state index in [0.29, 0.717) is 22.4 Å². The van der Waals surface area contributed by atoms with E-state index in [1.54, 1.807) is 16.4 Å². The molecular weight excluding hydrogens is 452 g/mol. The van der Waals surface area contributed by atoms with E-state index in [9.17, 15) is 4.79 Å². The number of anilines is 1. The van der Waals surface area contributed by atoms with E-state index in [2.05, 4.69) is 38.4 Å². The number of nitrogens with one attached hydrogen (secondary N) is 1. The van der Waals surface area contributed by atoms with Crippen molar-refractivity contribution in [2.45, 2.75) is 23.9 Å². The van der Waals surface area contributed by atoms with E-state index < -0.39 is 6.04 Å². The Morgan fingerprint density at radius 2 is 1.93 bits per heavy atom. The maximum atomic E-state index is 12.6. The molecule has 1 unspecified atom stereocenters. The van der Waals surface area contributed by atoms with E-state index in [4.69, 9.17) is 9.84 Å². The van der Waals surface area contributed by atoms with Gasteiger partial charge >= 0.3 is 5.97 Å². The summed E-state index contributed by atoms with van der Waals surface area (Å²) in [6.07, 6.45) is 0. The number of halogens is 1. The molecule has 0 fully saturated rings. The lowest BCUT2D eigenvalue weighted by molar-refractivity contribution is -0.136. The number of aromatic nitrogens is 3. The van der Waals surface area contributed by atoms with Crippen molar-refractivity contribution >= 4 is 39.6 Å². The number of carbonyl (C=O) groups is 1. The number of nitrogens with zero attached hydrogens (tertiary/aromatic N) is 3. The van der Waals surface area contributed by atoms with Crippen molar-refractivity contribution < 1.29 is 9.53 Å². The number of ether oxygens (including phenoxy) is 1. The highest BCUT2D eigenvalue weighted by molar-refractivity contribution is 9.10. The van der Waals surface area contributed by atoms with Gasteiger partial charge in [0.05, 0.1) is 12.7 Å². The Morgan fingerprint density at radius 3 is 2.62 bits per heavy atom. The smallest absolute Gasteiger partial charge is 0.338 e. The molecule has 8 heteroatoms. The number of benzene rings is 2. The standard InChI is InChI=1S/C21H19BrN4O2S/c1-13-17(19(27)28-2)18(15-8-10-16(22)11-9-15)26-20(23-13)24-21(25-26)29-12-14-6-4-3-5-7-14/h3-11,18H,12H2,1-2H3,(H,23,24,25). The summed E-state index contributed by atoms with van der Waals surface area (Å²) in [6, 6.07) is 17.6. The Hall–Kier alpha value is -2.58. The molecule has 0 radical (unpaired) electrons. The van der Waals surface area contributed by atoms with Gasteiger partial charge in [-0.25, -0.2) is 9.48 Å². The number of allylic oxidation sites excluding steroid dienone is 1. The molecule has 2 aromatic carbocycles. The Kier molecular flexibility index (Phi) is 5.73. The summed E-state index contributed by atoms with van der Waals surface area (Å²) in [5.74, 6) is 0.991. The van der Waals surface area contributed by atoms with Crippen LogP contribution in [-0.2, 0) is 15.3 Å². The van der Waals surface area contributed by atoms with Crippen molar-refractivity contribution in [3.63, 3.8) is 0 Å². The average molecular weight is 471 g/mol. The molecule has 0 amide bonds. The lowest BCUT2D eigenvalue weighted by Crippen LogP contribution is -2.29. The summed E-state index contributed by atoms with van der Waals surface area (Å²) < 4.78 is 7.78. The number of methoxy groups -OCH3 is 1. The number of fused-ring (bicyclic) bond motifs is 1. The van der Waals surface area contributed by atoms with Crippen LogP contribution in [0.2, 0.25) is 0 Å². The van der Waals surface area contributed by atoms with Gasteiger partial charge in [0.2, 0.25) is 11.1 Å². The minimum absolute atomic E-state index is 0.387. The summed E-state index contributed by atoms with van der Waals surface area (Å²) >= 11 is 5.02. The molecule has 1 aliphatic rings. The van der Waals surface area contributed by atoms with Crippen LogP contribution in [0.3, 0.4) is 0 Å². The summed E-state index contributed by atoms with van der Waals surface area (Å²) in [5, 5.41) is 8.55. The molecule has 1 atom stereocenters. The van der Waals surface area contributed by atoms with Gasteiger partial charge in [0.25, 0.3) is 0 Å². The monoisotopic (exact) mass is 470 g/mol. The first-order chi connectivity index (χ1) is 14.1.